The predicted molar refractivity (Wildman–Crippen MR) is 75.4 cm³/mol. The average Bonchev–Trinajstić information content (AvgIpc) is 2.74. The molecule has 2 aromatic rings. The molecule has 1 unspecified atom stereocenters. The number of fused-ring (bicyclic) bond motifs is 1. The molecule has 0 bridgehead atoms. The molecule has 2 nitrogen and oxygen atoms in total. The molecule has 0 amide bonds. The molecule has 0 aliphatic heterocycles. The van der Waals surface area contributed by atoms with Gasteiger partial charge in [-0.15, -0.1) is 0 Å². The number of aryl methyl sites for hydroxylation is 1. The monoisotopic (exact) mass is 260 g/mol. The zero-order chi connectivity index (χ0) is 12.7. The molecule has 0 saturated heterocycles. The van der Waals surface area contributed by atoms with Crippen molar-refractivity contribution in [2.75, 3.05) is 0 Å². The first-order chi connectivity index (χ1) is 8.66. The highest BCUT2D eigenvalue weighted by Gasteiger charge is 2.21. The summed E-state index contributed by atoms with van der Waals surface area (Å²) in [7, 11) is 0. The van der Waals surface area contributed by atoms with Crippen LogP contribution < -0.4 is 5.73 Å². The van der Waals surface area contributed by atoms with Gasteiger partial charge < -0.3 is 10.3 Å². The Labute approximate surface area is 112 Å². The number of hydrogen-bond acceptors (Lipinski definition) is 1. The molecule has 2 N–H and O–H groups in total. The Morgan fingerprint density at radius 2 is 2.17 bits per heavy atom. The lowest BCUT2D eigenvalue weighted by Crippen LogP contribution is -2.17. The summed E-state index contributed by atoms with van der Waals surface area (Å²) in [6.45, 7) is 2.05. The van der Waals surface area contributed by atoms with E-state index in [9.17, 15) is 0 Å². The lowest BCUT2D eigenvalue weighted by atomic mass is 9.93. The van der Waals surface area contributed by atoms with Gasteiger partial charge in [-0.1, -0.05) is 17.7 Å². The SMILES string of the molecule is Cc1ccc(-n2ccc3c2CCCC3N)c(Cl)c1. The molecule has 1 aromatic heterocycles. The molecule has 18 heavy (non-hydrogen) atoms. The molecule has 0 spiro atoms. The van der Waals surface area contributed by atoms with Gasteiger partial charge in [0.05, 0.1) is 10.7 Å². The molecule has 0 saturated carbocycles. The molecule has 1 heterocycles. The van der Waals surface area contributed by atoms with Crippen molar-refractivity contribution in [2.45, 2.75) is 32.2 Å². The van der Waals surface area contributed by atoms with Crippen molar-refractivity contribution in [3.05, 3.63) is 52.3 Å². The van der Waals surface area contributed by atoms with Gasteiger partial charge in [0.25, 0.3) is 0 Å². The van der Waals surface area contributed by atoms with E-state index >= 15 is 0 Å². The normalized spacial score (nSPS) is 18.7. The second-order valence-electron chi connectivity index (χ2n) is 5.04. The minimum absolute atomic E-state index is 0.180. The van der Waals surface area contributed by atoms with E-state index in [4.69, 9.17) is 17.3 Å². The standard InChI is InChI=1S/C15H17ClN2/c1-10-5-6-15(12(16)9-10)18-8-7-11-13(17)3-2-4-14(11)18/h5-9,13H,2-4,17H2,1H3. The predicted octanol–water partition coefficient (Wildman–Crippen LogP) is 3.78. The maximum Gasteiger partial charge on any atom is 0.0649 e. The summed E-state index contributed by atoms with van der Waals surface area (Å²) in [6, 6.07) is 8.50. The molecule has 1 aliphatic carbocycles. The van der Waals surface area contributed by atoms with Gasteiger partial charge in [-0.2, -0.15) is 0 Å². The fourth-order valence-corrected chi connectivity index (χ4v) is 3.09. The van der Waals surface area contributed by atoms with Gasteiger partial charge in [0.1, 0.15) is 0 Å². The van der Waals surface area contributed by atoms with E-state index in [1.807, 2.05) is 6.07 Å². The Morgan fingerprint density at radius 3 is 2.94 bits per heavy atom. The number of benzene rings is 1. The number of hydrogen-bond donors (Lipinski definition) is 1. The molecule has 1 aromatic carbocycles. The van der Waals surface area contributed by atoms with Crippen molar-refractivity contribution in [1.82, 2.24) is 4.57 Å². The molecule has 0 radical (unpaired) electrons. The minimum atomic E-state index is 0.180. The average molecular weight is 261 g/mol. The first kappa shape index (κ1) is 11.8. The second kappa shape index (κ2) is 4.45. The highest BCUT2D eigenvalue weighted by molar-refractivity contribution is 6.32. The van der Waals surface area contributed by atoms with Crippen LogP contribution in [-0.4, -0.2) is 4.57 Å². The number of halogens is 1. The number of nitrogens with zero attached hydrogens (tertiary/aromatic N) is 1. The van der Waals surface area contributed by atoms with Gasteiger partial charge in [0.2, 0.25) is 0 Å². The van der Waals surface area contributed by atoms with E-state index in [1.54, 1.807) is 0 Å². The van der Waals surface area contributed by atoms with Crippen LogP contribution in [0.3, 0.4) is 0 Å². The Balaban J connectivity index is 2.12. The fourth-order valence-electron chi connectivity index (χ4n) is 2.76. The van der Waals surface area contributed by atoms with Gasteiger partial charge in [0, 0.05) is 17.9 Å². The summed E-state index contributed by atoms with van der Waals surface area (Å²) >= 11 is 6.35. The lowest BCUT2D eigenvalue weighted by Gasteiger charge is -2.21. The summed E-state index contributed by atoms with van der Waals surface area (Å²) < 4.78 is 2.19. The smallest absolute Gasteiger partial charge is 0.0649 e. The van der Waals surface area contributed by atoms with Crippen LogP contribution >= 0.6 is 11.6 Å². The Hall–Kier alpha value is -1.25. The third-order valence-corrected chi connectivity index (χ3v) is 4.02. The summed E-state index contributed by atoms with van der Waals surface area (Å²) in [5, 5.41) is 0.799. The van der Waals surface area contributed by atoms with Gasteiger partial charge in [0.15, 0.2) is 0 Å². The lowest BCUT2D eigenvalue weighted by molar-refractivity contribution is 0.560. The molecule has 1 atom stereocenters. The summed E-state index contributed by atoms with van der Waals surface area (Å²) in [4.78, 5) is 0. The summed E-state index contributed by atoms with van der Waals surface area (Å²) in [5.41, 5.74) is 11.0. The Kier molecular flexibility index (Phi) is 2.92. The van der Waals surface area contributed by atoms with Gasteiger partial charge in [-0.25, -0.2) is 0 Å². The largest absolute Gasteiger partial charge is 0.324 e. The third-order valence-electron chi connectivity index (χ3n) is 3.72. The van der Waals surface area contributed by atoms with E-state index in [-0.39, 0.29) is 6.04 Å². The van der Waals surface area contributed by atoms with Crippen LogP contribution in [-0.2, 0) is 6.42 Å². The van der Waals surface area contributed by atoms with Crippen molar-refractivity contribution < 1.29 is 0 Å². The summed E-state index contributed by atoms with van der Waals surface area (Å²) in [6.07, 6.45) is 5.41. The Bertz CT molecular complexity index is 586. The third kappa shape index (κ3) is 1.86. The van der Waals surface area contributed by atoms with E-state index in [2.05, 4.69) is 35.9 Å². The van der Waals surface area contributed by atoms with Gasteiger partial charge in [-0.05, 0) is 55.5 Å². The quantitative estimate of drug-likeness (QED) is 0.831. The van der Waals surface area contributed by atoms with Crippen molar-refractivity contribution >= 4 is 11.6 Å². The van der Waals surface area contributed by atoms with Crippen LogP contribution in [0, 0.1) is 6.92 Å². The van der Waals surface area contributed by atoms with E-state index in [0.29, 0.717) is 0 Å². The Morgan fingerprint density at radius 1 is 1.33 bits per heavy atom. The van der Waals surface area contributed by atoms with Crippen molar-refractivity contribution in [3.63, 3.8) is 0 Å². The second-order valence-corrected chi connectivity index (χ2v) is 5.45. The molecule has 3 rings (SSSR count). The van der Waals surface area contributed by atoms with E-state index < -0.39 is 0 Å². The molecule has 3 heteroatoms. The van der Waals surface area contributed by atoms with Gasteiger partial charge >= 0.3 is 0 Å². The first-order valence-corrected chi connectivity index (χ1v) is 6.77. The van der Waals surface area contributed by atoms with Gasteiger partial charge in [-0.3, -0.25) is 0 Å². The molecular weight excluding hydrogens is 244 g/mol. The zero-order valence-electron chi connectivity index (χ0n) is 10.5. The van der Waals surface area contributed by atoms with Crippen LogP contribution in [0.5, 0.6) is 0 Å². The number of rotatable bonds is 1. The first-order valence-electron chi connectivity index (χ1n) is 6.39. The van der Waals surface area contributed by atoms with Crippen molar-refractivity contribution in [3.8, 4) is 5.69 Å². The van der Waals surface area contributed by atoms with E-state index in [0.717, 1.165) is 30.0 Å². The molecule has 94 valence electrons. The maximum atomic E-state index is 6.35. The highest BCUT2D eigenvalue weighted by atomic mass is 35.5. The van der Waals surface area contributed by atoms with Crippen LogP contribution in [0.2, 0.25) is 5.02 Å². The number of nitrogens with two attached hydrogens (primary N) is 1. The maximum absolute atomic E-state index is 6.35. The van der Waals surface area contributed by atoms with Crippen LogP contribution in [0.25, 0.3) is 5.69 Å². The fraction of sp³-hybridized carbons (Fsp3) is 0.333. The topological polar surface area (TPSA) is 30.9 Å². The van der Waals surface area contributed by atoms with Crippen molar-refractivity contribution in [1.29, 1.82) is 0 Å². The highest BCUT2D eigenvalue weighted by Crippen LogP contribution is 2.32. The molecule has 0 fully saturated rings. The van der Waals surface area contributed by atoms with E-state index in [1.165, 1.54) is 16.8 Å². The minimum Gasteiger partial charge on any atom is -0.324 e. The molecule has 1 aliphatic rings. The zero-order valence-corrected chi connectivity index (χ0v) is 11.2. The van der Waals surface area contributed by atoms with Crippen LogP contribution in [0.15, 0.2) is 30.5 Å². The van der Waals surface area contributed by atoms with Crippen LogP contribution in [0.1, 0.15) is 35.7 Å². The number of aromatic nitrogens is 1. The van der Waals surface area contributed by atoms with Crippen molar-refractivity contribution in [2.24, 2.45) is 5.73 Å². The molecular formula is C15H17ClN2. The van der Waals surface area contributed by atoms with Crippen LogP contribution in [0.4, 0.5) is 0 Å². The summed E-state index contributed by atoms with van der Waals surface area (Å²) in [5.74, 6) is 0.